The van der Waals surface area contributed by atoms with E-state index >= 15 is 0 Å². The van der Waals surface area contributed by atoms with Gasteiger partial charge in [-0.05, 0) is 28.4 Å². The number of benzene rings is 1. The van der Waals surface area contributed by atoms with E-state index in [-0.39, 0.29) is 5.82 Å². The van der Waals surface area contributed by atoms with Crippen molar-refractivity contribution in [1.82, 2.24) is 9.55 Å². The number of aromatic nitrogens is 2. The molecule has 0 saturated heterocycles. The highest BCUT2D eigenvalue weighted by Crippen LogP contribution is 2.24. The van der Waals surface area contributed by atoms with Gasteiger partial charge in [0.15, 0.2) is 0 Å². The van der Waals surface area contributed by atoms with Crippen LogP contribution in [0.3, 0.4) is 0 Å². The van der Waals surface area contributed by atoms with Crippen LogP contribution in [-0.4, -0.2) is 28.6 Å². The van der Waals surface area contributed by atoms with E-state index in [0.29, 0.717) is 29.9 Å². The van der Waals surface area contributed by atoms with Gasteiger partial charge in [-0.1, -0.05) is 13.3 Å². The molecule has 6 heteroatoms. The van der Waals surface area contributed by atoms with Gasteiger partial charge in [0.2, 0.25) is 0 Å². The summed E-state index contributed by atoms with van der Waals surface area (Å²) in [7, 11) is 0. The number of fused-ring (bicyclic) bond motifs is 1. The number of aryl methyl sites for hydroxylation is 1. The van der Waals surface area contributed by atoms with E-state index < -0.39 is 0 Å². The van der Waals surface area contributed by atoms with Gasteiger partial charge in [-0.15, -0.1) is 11.6 Å². The van der Waals surface area contributed by atoms with Crippen molar-refractivity contribution in [3.63, 3.8) is 0 Å². The van der Waals surface area contributed by atoms with E-state index in [1.54, 1.807) is 6.07 Å². The average Bonchev–Trinajstić information content (AvgIpc) is 2.77. The smallest absolute Gasteiger partial charge is 0.139 e. The molecule has 0 bridgehead atoms. The molecule has 3 nitrogen and oxygen atoms in total. The Morgan fingerprint density at radius 2 is 2.19 bits per heavy atom. The molecule has 21 heavy (non-hydrogen) atoms. The molecular weight excluding hydrogens is 359 g/mol. The van der Waals surface area contributed by atoms with Crippen LogP contribution in [-0.2, 0) is 17.7 Å². The van der Waals surface area contributed by atoms with Crippen LogP contribution in [0.1, 0.15) is 25.6 Å². The minimum Gasteiger partial charge on any atom is -0.380 e. The summed E-state index contributed by atoms with van der Waals surface area (Å²) in [6.45, 7) is 4.14. The molecule has 0 radical (unpaired) electrons. The lowest BCUT2D eigenvalue weighted by molar-refractivity contribution is 0.123. The van der Waals surface area contributed by atoms with Gasteiger partial charge in [-0.25, -0.2) is 9.37 Å². The van der Waals surface area contributed by atoms with Crippen molar-refractivity contribution in [2.45, 2.75) is 32.7 Å². The van der Waals surface area contributed by atoms with E-state index in [1.165, 1.54) is 6.07 Å². The highest BCUT2D eigenvalue weighted by atomic mass is 79.9. The molecule has 1 heterocycles. The predicted octanol–water partition coefficient (Wildman–Crippen LogP) is 4.54. The van der Waals surface area contributed by atoms with Crippen LogP contribution in [0, 0.1) is 5.82 Å². The number of rotatable bonds is 8. The molecule has 2 rings (SSSR count). The minimum absolute atomic E-state index is 0.284. The first-order chi connectivity index (χ1) is 10.2. The molecule has 0 aliphatic rings. The predicted molar refractivity (Wildman–Crippen MR) is 87.5 cm³/mol. The van der Waals surface area contributed by atoms with Crippen molar-refractivity contribution in [3.05, 3.63) is 28.2 Å². The summed E-state index contributed by atoms with van der Waals surface area (Å²) in [6, 6.07) is 3.22. The van der Waals surface area contributed by atoms with Gasteiger partial charge in [0.25, 0.3) is 0 Å². The van der Waals surface area contributed by atoms with Gasteiger partial charge in [0.1, 0.15) is 11.6 Å². The molecular formula is C15H19BrClFN2O. The van der Waals surface area contributed by atoms with E-state index in [4.69, 9.17) is 16.3 Å². The van der Waals surface area contributed by atoms with Crippen molar-refractivity contribution < 1.29 is 9.13 Å². The molecule has 0 saturated carbocycles. The number of ether oxygens (including phenoxy) is 1. The highest BCUT2D eigenvalue weighted by molar-refractivity contribution is 9.10. The standard InChI is InChI=1S/C15H19BrClFN2O/c1-2-3-7-21-8-6-20-14-10-12(18)11(16)9-13(14)19-15(20)4-5-17/h9-10H,2-8H2,1H3. The van der Waals surface area contributed by atoms with Crippen molar-refractivity contribution in [2.75, 3.05) is 19.1 Å². The zero-order valence-corrected chi connectivity index (χ0v) is 14.4. The normalized spacial score (nSPS) is 11.4. The lowest BCUT2D eigenvalue weighted by Crippen LogP contribution is -2.10. The molecule has 1 aromatic heterocycles. The summed E-state index contributed by atoms with van der Waals surface area (Å²) in [5, 5.41) is 0. The third-order valence-corrected chi connectivity index (χ3v) is 4.09. The first-order valence-electron chi connectivity index (χ1n) is 7.15. The molecule has 1 aromatic carbocycles. The number of nitrogens with zero attached hydrogens (tertiary/aromatic N) is 2. The summed E-state index contributed by atoms with van der Waals surface area (Å²) in [6.07, 6.45) is 2.83. The number of imidazole rings is 1. The topological polar surface area (TPSA) is 27.1 Å². The van der Waals surface area contributed by atoms with Crippen LogP contribution < -0.4 is 0 Å². The molecule has 0 amide bonds. The number of halogens is 3. The molecule has 2 aromatic rings. The van der Waals surface area contributed by atoms with Crippen LogP contribution in [0.15, 0.2) is 16.6 Å². The van der Waals surface area contributed by atoms with Crippen LogP contribution in [0.5, 0.6) is 0 Å². The van der Waals surface area contributed by atoms with Gasteiger partial charge < -0.3 is 9.30 Å². The number of hydrogen-bond donors (Lipinski definition) is 0. The largest absolute Gasteiger partial charge is 0.380 e. The van der Waals surface area contributed by atoms with E-state index in [9.17, 15) is 4.39 Å². The second-order valence-electron chi connectivity index (χ2n) is 4.84. The maximum Gasteiger partial charge on any atom is 0.139 e. The molecule has 0 aliphatic carbocycles. The van der Waals surface area contributed by atoms with Crippen molar-refractivity contribution in [1.29, 1.82) is 0 Å². The van der Waals surface area contributed by atoms with Crippen molar-refractivity contribution >= 4 is 38.6 Å². The molecule has 0 aliphatic heterocycles. The summed E-state index contributed by atoms with van der Waals surface area (Å²) >= 11 is 9.03. The van der Waals surface area contributed by atoms with Gasteiger partial charge >= 0.3 is 0 Å². The fourth-order valence-electron chi connectivity index (χ4n) is 2.20. The van der Waals surface area contributed by atoms with Gasteiger partial charge in [0, 0.05) is 31.5 Å². The molecule has 0 atom stereocenters. The fraction of sp³-hybridized carbons (Fsp3) is 0.533. The Morgan fingerprint density at radius 3 is 2.90 bits per heavy atom. The summed E-state index contributed by atoms with van der Waals surface area (Å²) in [5.74, 6) is 1.08. The van der Waals surface area contributed by atoms with Crippen molar-refractivity contribution in [3.8, 4) is 0 Å². The Labute approximate surface area is 137 Å². The second-order valence-corrected chi connectivity index (χ2v) is 6.07. The Kier molecular flexibility index (Phi) is 6.45. The van der Waals surface area contributed by atoms with Gasteiger partial charge in [-0.3, -0.25) is 0 Å². The number of unbranched alkanes of at least 4 members (excludes halogenated alkanes) is 1. The van der Waals surface area contributed by atoms with Crippen LogP contribution in [0.4, 0.5) is 4.39 Å². The SMILES string of the molecule is CCCCOCCn1c(CCCl)nc2cc(Br)c(F)cc21. The molecule has 0 unspecified atom stereocenters. The van der Waals surface area contributed by atoms with Crippen molar-refractivity contribution in [2.24, 2.45) is 0 Å². The minimum atomic E-state index is -0.284. The number of alkyl halides is 1. The second kappa shape index (κ2) is 8.11. The zero-order chi connectivity index (χ0) is 15.2. The third kappa shape index (κ3) is 4.18. The quantitative estimate of drug-likeness (QED) is 0.499. The van der Waals surface area contributed by atoms with Crippen LogP contribution in [0.25, 0.3) is 11.0 Å². The Hall–Kier alpha value is -0.650. The van der Waals surface area contributed by atoms with E-state index in [2.05, 4.69) is 27.8 Å². The monoisotopic (exact) mass is 376 g/mol. The van der Waals surface area contributed by atoms with Gasteiger partial charge in [0.05, 0.1) is 22.1 Å². The van der Waals surface area contributed by atoms with Crippen LogP contribution >= 0.6 is 27.5 Å². The van der Waals surface area contributed by atoms with E-state index in [1.807, 2.05) is 4.57 Å². The van der Waals surface area contributed by atoms with Crippen LogP contribution in [0.2, 0.25) is 0 Å². The zero-order valence-electron chi connectivity index (χ0n) is 12.0. The maximum atomic E-state index is 13.8. The Balaban J connectivity index is 2.21. The lowest BCUT2D eigenvalue weighted by atomic mass is 10.3. The Bertz CT molecular complexity index is 603. The molecule has 0 spiro atoms. The summed E-state index contributed by atoms with van der Waals surface area (Å²) < 4.78 is 21.8. The Morgan fingerprint density at radius 1 is 1.38 bits per heavy atom. The molecule has 116 valence electrons. The number of hydrogen-bond acceptors (Lipinski definition) is 2. The third-order valence-electron chi connectivity index (χ3n) is 3.29. The summed E-state index contributed by atoms with van der Waals surface area (Å²) in [5.41, 5.74) is 1.56. The first kappa shape index (κ1) is 16.7. The first-order valence-corrected chi connectivity index (χ1v) is 8.48. The molecule has 0 fully saturated rings. The highest BCUT2D eigenvalue weighted by Gasteiger charge is 2.13. The van der Waals surface area contributed by atoms with E-state index in [0.717, 1.165) is 36.3 Å². The molecule has 0 N–H and O–H groups in total. The lowest BCUT2D eigenvalue weighted by Gasteiger charge is -2.09. The average molecular weight is 378 g/mol. The maximum absolute atomic E-state index is 13.8. The summed E-state index contributed by atoms with van der Waals surface area (Å²) in [4.78, 5) is 4.55. The fourth-order valence-corrected chi connectivity index (χ4v) is 2.70. The van der Waals surface area contributed by atoms with Gasteiger partial charge in [-0.2, -0.15) is 0 Å².